The molecule has 7 heteroatoms. The SMILES string of the molecule is CC1CCN(C(=O)C2CCN(C(=O)N3CC4CC(C3)[C@H]3CCCC(=O)N3C4)CC2)CC1. The lowest BCUT2D eigenvalue weighted by molar-refractivity contribution is -0.144. The summed E-state index contributed by atoms with van der Waals surface area (Å²) in [7, 11) is 0. The largest absolute Gasteiger partial charge is 0.342 e. The number of likely N-dealkylation sites (tertiary alicyclic amines) is 3. The minimum Gasteiger partial charge on any atom is -0.342 e. The molecule has 172 valence electrons. The number of rotatable bonds is 1. The van der Waals surface area contributed by atoms with Crippen molar-refractivity contribution in [2.45, 2.75) is 64.3 Å². The van der Waals surface area contributed by atoms with Gasteiger partial charge >= 0.3 is 6.03 Å². The second kappa shape index (κ2) is 8.62. The highest BCUT2D eigenvalue weighted by atomic mass is 16.2. The van der Waals surface area contributed by atoms with Gasteiger partial charge in [0.15, 0.2) is 0 Å². The molecule has 5 fully saturated rings. The van der Waals surface area contributed by atoms with E-state index in [4.69, 9.17) is 0 Å². The summed E-state index contributed by atoms with van der Waals surface area (Å²) in [6, 6.07) is 0.492. The van der Waals surface area contributed by atoms with Crippen molar-refractivity contribution >= 4 is 17.8 Å². The molecule has 0 aromatic rings. The minimum atomic E-state index is 0.0833. The van der Waals surface area contributed by atoms with Gasteiger partial charge in [-0.1, -0.05) is 6.92 Å². The molecule has 5 aliphatic heterocycles. The molecule has 5 saturated heterocycles. The monoisotopic (exact) mass is 430 g/mol. The smallest absolute Gasteiger partial charge is 0.320 e. The topological polar surface area (TPSA) is 64.2 Å². The van der Waals surface area contributed by atoms with Crippen molar-refractivity contribution in [3.63, 3.8) is 0 Å². The van der Waals surface area contributed by atoms with Crippen LogP contribution in [-0.4, -0.2) is 89.3 Å². The average Bonchev–Trinajstić information content (AvgIpc) is 2.79. The Morgan fingerprint density at radius 1 is 0.839 bits per heavy atom. The first-order valence-corrected chi connectivity index (χ1v) is 12.6. The van der Waals surface area contributed by atoms with E-state index >= 15 is 0 Å². The quantitative estimate of drug-likeness (QED) is 0.642. The van der Waals surface area contributed by atoms with Gasteiger partial charge in [-0.3, -0.25) is 9.59 Å². The van der Waals surface area contributed by atoms with Gasteiger partial charge in [0.1, 0.15) is 0 Å². The molecule has 4 amide bonds. The number of fused-ring (bicyclic) bond motifs is 4. The highest BCUT2D eigenvalue weighted by Crippen LogP contribution is 2.38. The Hall–Kier alpha value is -1.79. The summed E-state index contributed by atoms with van der Waals surface area (Å²) in [6.45, 7) is 7.84. The molecule has 2 bridgehead atoms. The minimum absolute atomic E-state index is 0.0833. The fourth-order valence-electron chi connectivity index (χ4n) is 6.77. The van der Waals surface area contributed by atoms with E-state index in [0.29, 0.717) is 49.2 Å². The first kappa shape index (κ1) is 21.1. The van der Waals surface area contributed by atoms with Crippen molar-refractivity contribution in [3.8, 4) is 0 Å². The van der Waals surface area contributed by atoms with Crippen LogP contribution in [0.25, 0.3) is 0 Å². The summed E-state index contributed by atoms with van der Waals surface area (Å²) in [5.74, 6) is 2.29. The lowest BCUT2D eigenvalue weighted by atomic mass is 9.76. The van der Waals surface area contributed by atoms with E-state index in [1.807, 2.05) is 4.90 Å². The van der Waals surface area contributed by atoms with Gasteiger partial charge in [-0.05, 0) is 62.7 Å². The third kappa shape index (κ3) is 4.17. The lowest BCUT2D eigenvalue weighted by Crippen LogP contribution is -2.62. The summed E-state index contributed by atoms with van der Waals surface area (Å²) in [5.41, 5.74) is 0. The zero-order valence-corrected chi connectivity index (χ0v) is 19.0. The Labute approximate surface area is 186 Å². The van der Waals surface area contributed by atoms with E-state index in [1.54, 1.807) is 0 Å². The Morgan fingerprint density at radius 2 is 1.55 bits per heavy atom. The number of urea groups is 1. The van der Waals surface area contributed by atoms with Crippen LogP contribution >= 0.6 is 0 Å². The number of piperidine rings is 5. The third-order valence-corrected chi connectivity index (χ3v) is 8.66. The third-order valence-electron chi connectivity index (χ3n) is 8.66. The predicted molar refractivity (Wildman–Crippen MR) is 117 cm³/mol. The van der Waals surface area contributed by atoms with Gasteiger partial charge in [-0.2, -0.15) is 0 Å². The molecule has 0 spiro atoms. The Bertz CT molecular complexity index is 712. The van der Waals surface area contributed by atoms with Crippen LogP contribution in [0.4, 0.5) is 4.79 Å². The van der Waals surface area contributed by atoms with E-state index in [1.165, 1.54) is 0 Å². The van der Waals surface area contributed by atoms with Crippen LogP contribution in [-0.2, 0) is 9.59 Å². The molecular weight excluding hydrogens is 392 g/mol. The maximum absolute atomic E-state index is 13.3. The van der Waals surface area contributed by atoms with Crippen LogP contribution in [0.3, 0.4) is 0 Å². The van der Waals surface area contributed by atoms with Gasteiger partial charge in [0.05, 0.1) is 0 Å². The molecule has 0 saturated carbocycles. The van der Waals surface area contributed by atoms with Crippen LogP contribution in [0.1, 0.15) is 58.3 Å². The summed E-state index contributed by atoms with van der Waals surface area (Å²) < 4.78 is 0. The molecule has 3 atom stereocenters. The summed E-state index contributed by atoms with van der Waals surface area (Å²) in [5, 5.41) is 0. The zero-order chi connectivity index (χ0) is 21.5. The number of hydrogen-bond acceptors (Lipinski definition) is 3. The molecule has 0 radical (unpaired) electrons. The first-order chi connectivity index (χ1) is 15.0. The fourth-order valence-corrected chi connectivity index (χ4v) is 6.77. The van der Waals surface area contributed by atoms with Crippen LogP contribution in [0.2, 0.25) is 0 Å². The molecule has 5 rings (SSSR count). The molecule has 5 aliphatic rings. The van der Waals surface area contributed by atoms with Crippen LogP contribution < -0.4 is 0 Å². The maximum atomic E-state index is 13.3. The Balaban J connectivity index is 1.14. The van der Waals surface area contributed by atoms with Crippen molar-refractivity contribution in [3.05, 3.63) is 0 Å². The molecule has 0 aliphatic carbocycles. The summed E-state index contributed by atoms with van der Waals surface area (Å²) >= 11 is 0. The average molecular weight is 431 g/mol. The zero-order valence-electron chi connectivity index (χ0n) is 19.0. The molecular formula is C24H38N4O3. The number of carbonyl (C=O) groups is 3. The molecule has 0 N–H and O–H groups in total. The molecule has 7 nitrogen and oxygen atoms in total. The van der Waals surface area contributed by atoms with Crippen molar-refractivity contribution in [2.24, 2.45) is 23.7 Å². The fraction of sp³-hybridized carbons (Fsp3) is 0.875. The van der Waals surface area contributed by atoms with E-state index in [-0.39, 0.29) is 11.9 Å². The molecule has 5 heterocycles. The van der Waals surface area contributed by atoms with Gasteiger partial charge in [0.2, 0.25) is 11.8 Å². The van der Waals surface area contributed by atoms with E-state index in [9.17, 15) is 14.4 Å². The van der Waals surface area contributed by atoms with Crippen LogP contribution in [0.5, 0.6) is 0 Å². The number of amides is 4. The molecule has 31 heavy (non-hydrogen) atoms. The van der Waals surface area contributed by atoms with Gasteiger partial charge < -0.3 is 19.6 Å². The number of hydrogen-bond donors (Lipinski definition) is 0. The predicted octanol–water partition coefficient (Wildman–Crippen LogP) is 2.41. The lowest BCUT2D eigenvalue weighted by Gasteiger charge is -2.53. The standard InChI is InChI=1S/C24H38N4O3/c1-17-5-9-25(10-6-17)23(30)19-7-11-26(12-8-19)24(31)27-14-18-13-20(16-27)21-3-2-4-22(29)28(21)15-18/h17-21H,2-16H2,1H3/t18?,20?,21-/m1/s1. The van der Waals surface area contributed by atoms with Crippen molar-refractivity contribution in [2.75, 3.05) is 45.8 Å². The van der Waals surface area contributed by atoms with Crippen LogP contribution in [0, 0.1) is 23.7 Å². The first-order valence-electron chi connectivity index (χ1n) is 12.6. The van der Waals surface area contributed by atoms with Crippen molar-refractivity contribution in [1.29, 1.82) is 0 Å². The highest BCUT2D eigenvalue weighted by molar-refractivity contribution is 5.80. The van der Waals surface area contributed by atoms with Crippen molar-refractivity contribution < 1.29 is 14.4 Å². The highest BCUT2D eigenvalue weighted by Gasteiger charge is 2.45. The maximum Gasteiger partial charge on any atom is 0.320 e. The van der Waals surface area contributed by atoms with E-state index < -0.39 is 0 Å². The van der Waals surface area contributed by atoms with Gasteiger partial charge in [0.25, 0.3) is 0 Å². The van der Waals surface area contributed by atoms with Gasteiger partial charge in [-0.15, -0.1) is 0 Å². The molecule has 0 aromatic carbocycles. The number of nitrogens with zero attached hydrogens (tertiary/aromatic N) is 4. The van der Waals surface area contributed by atoms with Crippen LogP contribution in [0.15, 0.2) is 0 Å². The summed E-state index contributed by atoms with van der Waals surface area (Å²) in [6.07, 6.45) is 7.76. The van der Waals surface area contributed by atoms with Crippen molar-refractivity contribution in [1.82, 2.24) is 19.6 Å². The molecule has 2 unspecified atom stereocenters. The molecule has 0 aromatic heterocycles. The van der Waals surface area contributed by atoms with E-state index in [0.717, 1.165) is 83.6 Å². The van der Waals surface area contributed by atoms with Gasteiger partial charge in [-0.25, -0.2) is 4.79 Å². The van der Waals surface area contributed by atoms with E-state index in [2.05, 4.69) is 21.6 Å². The second-order valence-electron chi connectivity index (χ2n) is 10.8. The summed E-state index contributed by atoms with van der Waals surface area (Å²) in [4.78, 5) is 46.8. The van der Waals surface area contributed by atoms with Gasteiger partial charge in [0, 0.05) is 64.2 Å². The number of carbonyl (C=O) groups excluding carboxylic acids is 3. The Kier molecular flexibility index (Phi) is 5.86. The normalized spacial score (nSPS) is 32.8. The second-order valence-corrected chi connectivity index (χ2v) is 10.8. The Morgan fingerprint density at radius 3 is 2.29 bits per heavy atom.